The summed E-state index contributed by atoms with van der Waals surface area (Å²) in [6.07, 6.45) is 5.18. The molecule has 1 aromatic carbocycles. The van der Waals surface area contributed by atoms with Crippen molar-refractivity contribution in [1.29, 1.82) is 0 Å². The maximum atomic E-state index is 5.81. The largest absolute Gasteiger partial charge is 0.500 e. The molecule has 0 aromatic heterocycles. The Balaban J connectivity index is 2.37. The van der Waals surface area contributed by atoms with E-state index in [1.54, 1.807) is 21.3 Å². The molecule has 0 spiro atoms. The molecular weight excluding hydrogens is 296 g/mol. The maximum absolute atomic E-state index is 5.81. The van der Waals surface area contributed by atoms with Gasteiger partial charge in [0.2, 0.25) is 0 Å². The predicted octanol–water partition coefficient (Wildman–Crippen LogP) is 2.19. The van der Waals surface area contributed by atoms with Crippen LogP contribution >= 0.6 is 0 Å². The summed E-state index contributed by atoms with van der Waals surface area (Å²) in [5.41, 5.74) is 7.01. The maximum Gasteiger partial charge on any atom is 0.500 e. The van der Waals surface area contributed by atoms with Crippen molar-refractivity contribution >= 4 is 14.9 Å². The molecule has 124 valence electrons. The molecule has 0 unspecified atom stereocenters. The average Bonchev–Trinajstić information content (AvgIpc) is 2.58. The van der Waals surface area contributed by atoms with Crippen LogP contribution in [0.1, 0.15) is 12.0 Å². The second-order valence-electron chi connectivity index (χ2n) is 4.97. The summed E-state index contributed by atoms with van der Waals surface area (Å²) in [7, 11) is 2.46. The van der Waals surface area contributed by atoms with Gasteiger partial charge in [0, 0.05) is 40.6 Å². The predicted molar refractivity (Wildman–Crippen MR) is 92.3 cm³/mol. The molecule has 0 bridgehead atoms. The molecule has 22 heavy (non-hydrogen) atoms. The Hall–Kier alpha value is -1.02. The molecule has 1 aromatic rings. The van der Waals surface area contributed by atoms with Gasteiger partial charge in [-0.25, -0.2) is 0 Å². The minimum absolute atomic E-state index is 0.528. The molecule has 0 heterocycles. The van der Waals surface area contributed by atoms with Gasteiger partial charge in [-0.15, -0.1) is 0 Å². The van der Waals surface area contributed by atoms with Gasteiger partial charge in [-0.05, 0) is 18.5 Å². The van der Waals surface area contributed by atoms with E-state index < -0.39 is 8.80 Å². The Morgan fingerprint density at radius 2 is 1.73 bits per heavy atom. The lowest BCUT2D eigenvalue weighted by molar-refractivity contribution is 0.121. The summed E-state index contributed by atoms with van der Waals surface area (Å²) in [5.74, 6) is 0. The highest BCUT2D eigenvalue weighted by atomic mass is 28.4. The fourth-order valence-corrected chi connectivity index (χ4v) is 3.94. The molecule has 0 amide bonds. The Morgan fingerprint density at radius 1 is 1.09 bits per heavy atom. The van der Waals surface area contributed by atoms with Crippen molar-refractivity contribution in [2.24, 2.45) is 5.73 Å². The Morgan fingerprint density at radius 3 is 2.27 bits per heavy atom. The van der Waals surface area contributed by atoms with E-state index in [2.05, 4.69) is 29.2 Å². The molecule has 0 saturated heterocycles. The van der Waals surface area contributed by atoms with Gasteiger partial charge in [0.1, 0.15) is 0 Å². The highest BCUT2D eigenvalue weighted by Crippen LogP contribution is 2.15. The highest BCUT2D eigenvalue weighted by Gasteiger charge is 2.36. The number of hydrogen-bond acceptors (Lipinski definition) is 5. The first-order valence-electron chi connectivity index (χ1n) is 7.49. The highest BCUT2D eigenvalue weighted by molar-refractivity contribution is 6.60. The molecule has 0 aliphatic heterocycles. The van der Waals surface area contributed by atoms with Crippen molar-refractivity contribution in [2.45, 2.75) is 12.5 Å². The van der Waals surface area contributed by atoms with E-state index in [0.29, 0.717) is 6.67 Å². The zero-order valence-corrected chi connectivity index (χ0v) is 14.8. The molecule has 0 radical (unpaired) electrons. The molecule has 0 aliphatic carbocycles. The van der Waals surface area contributed by atoms with E-state index in [1.807, 2.05) is 18.2 Å². The van der Waals surface area contributed by atoms with E-state index in [9.17, 15) is 0 Å². The molecular formula is C16H28N2O3Si. The molecule has 6 heteroatoms. The lowest BCUT2D eigenvalue weighted by Crippen LogP contribution is -2.43. The van der Waals surface area contributed by atoms with Crippen LogP contribution in [-0.2, 0) is 13.3 Å². The zero-order valence-electron chi connectivity index (χ0n) is 13.8. The van der Waals surface area contributed by atoms with Crippen LogP contribution in [-0.4, -0.2) is 54.8 Å². The average molecular weight is 324 g/mol. The number of rotatable bonds is 11. The number of nitrogens with zero attached hydrogens (tertiary/aromatic N) is 1. The first kappa shape index (κ1) is 19.0. The monoisotopic (exact) mass is 324 g/mol. The van der Waals surface area contributed by atoms with Crippen LogP contribution in [0.25, 0.3) is 6.08 Å². The lowest BCUT2D eigenvalue weighted by atomic mass is 10.2. The van der Waals surface area contributed by atoms with Crippen molar-refractivity contribution in [1.82, 2.24) is 4.90 Å². The van der Waals surface area contributed by atoms with Crippen LogP contribution in [0.4, 0.5) is 0 Å². The lowest BCUT2D eigenvalue weighted by Gasteiger charge is -2.25. The molecule has 0 aliphatic rings. The second-order valence-corrected chi connectivity index (χ2v) is 8.06. The summed E-state index contributed by atoms with van der Waals surface area (Å²) in [6.45, 7) is 2.24. The van der Waals surface area contributed by atoms with Crippen LogP contribution in [0, 0.1) is 0 Å². The smallest absolute Gasteiger partial charge is 0.377 e. The quantitative estimate of drug-likeness (QED) is 0.499. The third-order valence-corrected chi connectivity index (χ3v) is 6.45. The molecule has 0 fully saturated rings. The third kappa shape index (κ3) is 6.39. The molecule has 1 rings (SSSR count). The summed E-state index contributed by atoms with van der Waals surface area (Å²) in [6, 6.07) is 11.0. The summed E-state index contributed by atoms with van der Waals surface area (Å²) >= 11 is 0. The SMILES string of the molecule is CO[Si](CCCN(CN)C/C=C/c1ccccc1)(OC)OC. The van der Waals surface area contributed by atoms with E-state index in [4.69, 9.17) is 19.0 Å². The Kier molecular flexibility index (Phi) is 9.22. The van der Waals surface area contributed by atoms with Crippen LogP contribution < -0.4 is 5.73 Å². The van der Waals surface area contributed by atoms with Gasteiger partial charge in [-0.2, -0.15) is 0 Å². The standard InChI is InChI=1S/C16H28N2O3Si/c1-19-22(20-2,21-3)14-8-13-18(15-17)12-7-11-16-9-5-4-6-10-16/h4-7,9-11H,8,12-15,17H2,1-3H3/b11-7+. The zero-order chi connectivity index (χ0) is 16.3. The normalized spacial score (nSPS) is 12.4. The van der Waals surface area contributed by atoms with Gasteiger partial charge >= 0.3 is 8.80 Å². The summed E-state index contributed by atoms with van der Waals surface area (Å²) in [4.78, 5) is 2.18. The van der Waals surface area contributed by atoms with Crippen molar-refractivity contribution in [3.05, 3.63) is 42.0 Å². The third-order valence-electron chi connectivity index (χ3n) is 3.62. The molecule has 2 N–H and O–H groups in total. The van der Waals surface area contributed by atoms with Gasteiger partial charge < -0.3 is 19.0 Å². The Labute approximate surface area is 135 Å². The van der Waals surface area contributed by atoms with E-state index >= 15 is 0 Å². The summed E-state index contributed by atoms with van der Waals surface area (Å²) in [5, 5.41) is 0. The van der Waals surface area contributed by atoms with Crippen molar-refractivity contribution in [2.75, 3.05) is 41.1 Å². The van der Waals surface area contributed by atoms with Crippen LogP contribution in [0.3, 0.4) is 0 Å². The number of benzene rings is 1. The topological polar surface area (TPSA) is 57.0 Å². The van der Waals surface area contributed by atoms with Gasteiger partial charge in [0.15, 0.2) is 0 Å². The summed E-state index contributed by atoms with van der Waals surface area (Å²) < 4.78 is 16.3. The van der Waals surface area contributed by atoms with Crippen LogP contribution in [0.2, 0.25) is 6.04 Å². The fraction of sp³-hybridized carbons (Fsp3) is 0.500. The van der Waals surface area contributed by atoms with Crippen molar-refractivity contribution in [3.63, 3.8) is 0 Å². The molecule has 5 nitrogen and oxygen atoms in total. The molecule has 0 atom stereocenters. The van der Waals surface area contributed by atoms with Crippen molar-refractivity contribution < 1.29 is 13.3 Å². The Bertz CT molecular complexity index is 416. The number of hydrogen-bond donors (Lipinski definition) is 1. The second kappa shape index (κ2) is 10.7. The van der Waals surface area contributed by atoms with E-state index in [-0.39, 0.29) is 0 Å². The van der Waals surface area contributed by atoms with Gasteiger partial charge in [0.05, 0.1) is 0 Å². The first-order chi connectivity index (χ1) is 10.7. The van der Waals surface area contributed by atoms with Crippen LogP contribution in [0.5, 0.6) is 0 Å². The first-order valence-corrected chi connectivity index (χ1v) is 9.42. The van der Waals surface area contributed by atoms with E-state index in [1.165, 1.54) is 5.56 Å². The minimum atomic E-state index is -2.47. The van der Waals surface area contributed by atoms with Crippen molar-refractivity contribution in [3.8, 4) is 0 Å². The fourth-order valence-electron chi connectivity index (χ4n) is 2.23. The minimum Gasteiger partial charge on any atom is -0.377 e. The number of nitrogens with two attached hydrogens (primary N) is 1. The van der Waals surface area contributed by atoms with E-state index in [0.717, 1.165) is 25.6 Å². The van der Waals surface area contributed by atoms with Gasteiger partial charge in [-0.1, -0.05) is 42.5 Å². The van der Waals surface area contributed by atoms with Crippen LogP contribution in [0.15, 0.2) is 36.4 Å². The van der Waals surface area contributed by atoms with Gasteiger partial charge in [0.25, 0.3) is 0 Å². The molecule has 0 saturated carbocycles. The van der Waals surface area contributed by atoms with Gasteiger partial charge in [-0.3, -0.25) is 4.90 Å².